The van der Waals surface area contributed by atoms with E-state index in [0.717, 1.165) is 50.4 Å². The van der Waals surface area contributed by atoms with Gasteiger partial charge in [-0.2, -0.15) is 0 Å². The summed E-state index contributed by atoms with van der Waals surface area (Å²) in [7, 11) is 3.99. The van der Waals surface area contributed by atoms with Crippen LogP contribution in [0, 0.1) is 0 Å². The Morgan fingerprint density at radius 2 is 1.93 bits per heavy atom. The highest BCUT2D eigenvalue weighted by Gasteiger charge is 2.26. The highest BCUT2D eigenvalue weighted by atomic mass is 79.9. The molecule has 6 heteroatoms. The van der Waals surface area contributed by atoms with Crippen molar-refractivity contribution in [3.8, 4) is 0 Å². The lowest BCUT2D eigenvalue weighted by molar-refractivity contribution is -0.115. The number of rotatable bonds is 7. The maximum atomic E-state index is 12.9. The normalized spacial score (nSPS) is 13.1. The predicted molar refractivity (Wildman–Crippen MR) is 115 cm³/mol. The molecule has 0 heterocycles. The van der Waals surface area contributed by atoms with E-state index in [1.54, 1.807) is 0 Å². The highest BCUT2D eigenvalue weighted by molar-refractivity contribution is 9.10. The van der Waals surface area contributed by atoms with Gasteiger partial charge in [-0.25, -0.2) is 0 Å². The second-order valence-corrected chi connectivity index (χ2v) is 8.22. The quantitative estimate of drug-likeness (QED) is 0.676. The summed E-state index contributed by atoms with van der Waals surface area (Å²) in [4.78, 5) is 14.9. The predicted octanol–water partition coefficient (Wildman–Crippen LogP) is 3.84. The van der Waals surface area contributed by atoms with Crippen molar-refractivity contribution in [2.24, 2.45) is 0 Å². The van der Waals surface area contributed by atoms with Crippen LogP contribution in [-0.2, 0) is 17.8 Å². The summed E-state index contributed by atoms with van der Waals surface area (Å²) < 4.78 is 1.02. The summed E-state index contributed by atoms with van der Waals surface area (Å²) in [5.41, 5.74) is 4.97. The van der Waals surface area contributed by atoms with Crippen LogP contribution < -0.4 is 10.6 Å². The van der Waals surface area contributed by atoms with E-state index in [2.05, 4.69) is 32.6 Å². The Labute approximate surface area is 173 Å². The molecule has 0 atom stereocenters. The summed E-state index contributed by atoms with van der Waals surface area (Å²) in [5, 5.41) is 7.22. The zero-order chi connectivity index (χ0) is 19.4. The van der Waals surface area contributed by atoms with Crippen molar-refractivity contribution in [2.45, 2.75) is 13.0 Å². The Bertz CT molecular complexity index is 862. The SMILES string of the molecule is CN(C)CCNC(=O)C1=C(NCc2ccc(Cl)cc2)Cc2cc(Br)ccc21. The monoisotopic (exact) mass is 447 g/mol. The number of carbonyl (C=O) groups excluding carboxylic acids is 1. The minimum atomic E-state index is -0.0310. The molecule has 1 aliphatic rings. The van der Waals surface area contributed by atoms with E-state index in [0.29, 0.717) is 13.1 Å². The van der Waals surface area contributed by atoms with Gasteiger partial charge >= 0.3 is 0 Å². The topological polar surface area (TPSA) is 44.4 Å². The molecule has 2 N–H and O–H groups in total. The average Bonchev–Trinajstić information content (AvgIpc) is 2.98. The van der Waals surface area contributed by atoms with Crippen molar-refractivity contribution in [2.75, 3.05) is 27.2 Å². The van der Waals surface area contributed by atoms with Gasteiger partial charge < -0.3 is 15.5 Å². The van der Waals surface area contributed by atoms with E-state index >= 15 is 0 Å². The molecule has 142 valence electrons. The minimum Gasteiger partial charge on any atom is -0.383 e. The zero-order valence-electron chi connectivity index (χ0n) is 15.5. The number of amides is 1. The van der Waals surface area contributed by atoms with E-state index in [1.165, 1.54) is 0 Å². The maximum absolute atomic E-state index is 12.9. The minimum absolute atomic E-state index is 0.0310. The first-order valence-corrected chi connectivity index (χ1v) is 10.0. The Morgan fingerprint density at radius 3 is 2.63 bits per heavy atom. The molecule has 0 saturated carbocycles. The lowest BCUT2D eigenvalue weighted by Gasteiger charge is -2.14. The van der Waals surface area contributed by atoms with Crippen LogP contribution in [-0.4, -0.2) is 38.0 Å². The van der Waals surface area contributed by atoms with Crippen molar-refractivity contribution in [3.05, 3.63) is 74.3 Å². The van der Waals surface area contributed by atoms with Gasteiger partial charge in [0.2, 0.25) is 0 Å². The summed E-state index contributed by atoms with van der Waals surface area (Å²) >= 11 is 9.48. The molecule has 2 aromatic rings. The van der Waals surface area contributed by atoms with Gasteiger partial charge in [0.15, 0.2) is 0 Å². The average molecular weight is 449 g/mol. The first-order chi connectivity index (χ1) is 12.9. The second-order valence-electron chi connectivity index (χ2n) is 6.87. The molecule has 0 bridgehead atoms. The van der Waals surface area contributed by atoms with E-state index in [4.69, 9.17) is 11.6 Å². The van der Waals surface area contributed by atoms with Crippen LogP contribution in [0.15, 0.2) is 52.6 Å². The molecule has 1 amide bonds. The van der Waals surface area contributed by atoms with E-state index < -0.39 is 0 Å². The molecule has 1 aliphatic carbocycles. The van der Waals surface area contributed by atoms with Crippen molar-refractivity contribution in [1.29, 1.82) is 0 Å². The Balaban J connectivity index is 1.80. The van der Waals surface area contributed by atoms with Gasteiger partial charge in [0.25, 0.3) is 5.91 Å². The molecular weight excluding hydrogens is 426 g/mol. The number of fused-ring (bicyclic) bond motifs is 1. The fraction of sp³-hybridized carbons (Fsp3) is 0.286. The number of hydrogen-bond acceptors (Lipinski definition) is 3. The third-order valence-electron chi connectivity index (χ3n) is 4.50. The summed E-state index contributed by atoms with van der Waals surface area (Å²) in [5.74, 6) is -0.0310. The van der Waals surface area contributed by atoms with E-state index in [-0.39, 0.29) is 5.91 Å². The Kier molecular flexibility index (Phi) is 6.58. The van der Waals surface area contributed by atoms with Gasteiger partial charge in [-0.1, -0.05) is 45.7 Å². The Morgan fingerprint density at radius 1 is 1.19 bits per heavy atom. The molecule has 2 aromatic carbocycles. The fourth-order valence-electron chi connectivity index (χ4n) is 3.10. The van der Waals surface area contributed by atoms with Gasteiger partial charge in [0.1, 0.15) is 0 Å². The number of nitrogens with zero attached hydrogens (tertiary/aromatic N) is 1. The lowest BCUT2D eigenvalue weighted by Crippen LogP contribution is -2.32. The standard InChI is InChI=1S/C21H23BrClN3O/c1-26(2)10-9-24-21(27)20-18-8-5-16(22)11-15(18)12-19(20)25-13-14-3-6-17(23)7-4-14/h3-8,11,25H,9-10,12-13H2,1-2H3,(H,24,27). The van der Waals surface area contributed by atoms with Crippen molar-refractivity contribution in [3.63, 3.8) is 0 Å². The summed E-state index contributed by atoms with van der Waals surface area (Å²) in [6.07, 6.45) is 0.721. The van der Waals surface area contributed by atoms with Crippen LogP contribution in [0.3, 0.4) is 0 Å². The fourth-order valence-corrected chi connectivity index (χ4v) is 3.63. The molecule has 27 heavy (non-hydrogen) atoms. The second kappa shape index (κ2) is 8.91. The number of benzene rings is 2. The van der Waals surface area contributed by atoms with Crippen LogP contribution in [0.5, 0.6) is 0 Å². The molecule has 3 rings (SSSR count). The molecule has 0 saturated heterocycles. The van der Waals surface area contributed by atoms with Gasteiger partial charge in [-0.3, -0.25) is 4.79 Å². The third kappa shape index (κ3) is 5.12. The van der Waals surface area contributed by atoms with E-state index in [1.807, 2.05) is 55.4 Å². The smallest absolute Gasteiger partial charge is 0.253 e. The van der Waals surface area contributed by atoms with Crippen LogP contribution >= 0.6 is 27.5 Å². The summed E-state index contributed by atoms with van der Waals surface area (Å²) in [6.45, 7) is 2.07. The zero-order valence-corrected chi connectivity index (χ0v) is 17.8. The first-order valence-electron chi connectivity index (χ1n) is 8.87. The van der Waals surface area contributed by atoms with Crippen molar-refractivity contribution >= 4 is 39.0 Å². The molecule has 0 spiro atoms. The number of halogens is 2. The number of hydrogen-bond donors (Lipinski definition) is 2. The third-order valence-corrected chi connectivity index (χ3v) is 5.24. The van der Waals surface area contributed by atoms with E-state index in [9.17, 15) is 4.79 Å². The molecular formula is C21H23BrClN3O. The largest absolute Gasteiger partial charge is 0.383 e. The molecule has 0 fully saturated rings. The molecule has 0 aromatic heterocycles. The first kappa shape index (κ1) is 19.9. The number of likely N-dealkylation sites (N-methyl/N-ethyl adjacent to an activating group) is 1. The Hall–Kier alpha value is -1.82. The van der Waals surface area contributed by atoms with Crippen molar-refractivity contribution in [1.82, 2.24) is 15.5 Å². The van der Waals surface area contributed by atoms with Gasteiger partial charge in [0, 0.05) is 41.2 Å². The highest BCUT2D eigenvalue weighted by Crippen LogP contribution is 2.33. The van der Waals surface area contributed by atoms with Crippen LogP contribution in [0.25, 0.3) is 5.57 Å². The molecule has 0 aliphatic heterocycles. The molecule has 0 radical (unpaired) electrons. The summed E-state index contributed by atoms with van der Waals surface area (Å²) in [6, 6.07) is 13.8. The van der Waals surface area contributed by atoms with Gasteiger partial charge in [0.05, 0.1) is 5.57 Å². The molecule has 0 unspecified atom stereocenters. The number of nitrogens with one attached hydrogen (secondary N) is 2. The van der Waals surface area contributed by atoms with Gasteiger partial charge in [-0.15, -0.1) is 0 Å². The van der Waals surface area contributed by atoms with Gasteiger partial charge in [-0.05, 0) is 55.1 Å². The van der Waals surface area contributed by atoms with Crippen LogP contribution in [0.4, 0.5) is 0 Å². The van der Waals surface area contributed by atoms with Crippen LogP contribution in [0.1, 0.15) is 16.7 Å². The van der Waals surface area contributed by atoms with Crippen molar-refractivity contribution < 1.29 is 4.79 Å². The van der Waals surface area contributed by atoms with Crippen LogP contribution in [0.2, 0.25) is 5.02 Å². The maximum Gasteiger partial charge on any atom is 0.253 e. The lowest BCUT2D eigenvalue weighted by atomic mass is 10.1. The number of allylic oxidation sites excluding steroid dienone is 1. The molecule has 4 nitrogen and oxygen atoms in total. The number of carbonyl (C=O) groups is 1.